The summed E-state index contributed by atoms with van der Waals surface area (Å²) in [7, 11) is 0. The zero-order chi connectivity index (χ0) is 18.0. The Kier molecular flexibility index (Phi) is 4.55. The number of fused-ring (bicyclic) bond motifs is 1. The number of ketones is 1. The second-order valence-electron chi connectivity index (χ2n) is 6.41. The molecule has 1 aliphatic carbocycles. The van der Waals surface area contributed by atoms with Crippen LogP contribution in [0.5, 0.6) is 0 Å². The molecule has 0 radical (unpaired) electrons. The van der Waals surface area contributed by atoms with Crippen molar-refractivity contribution in [3.05, 3.63) is 52.1 Å². The van der Waals surface area contributed by atoms with E-state index in [1.807, 2.05) is 12.1 Å². The first-order valence-corrected chi connectivity index (χ1v) is 8.47. The third kappa shape index (κ3) is 2.88. The van der Waals surface area contributed by atoms with Crippen LogP contribution in [0, 0.1) is 22.7 Å². The van der Waals surface area contributed by atoms with Crippen LogP contribution in [0.4, 0.5) is 5.69 Å². The number of carbonyl (C=O) groups is 1. The minimum absolute atomic E-state index is 0.00484. The molecule has 0 saturated carbocycles. The lowest BCUT2D eigenvalue weighted by Gasteiger charge is -2.19. The summed E-state index contributed by atoms with van der Waals surface area (Å²) in [4.78, 5) is 11.5. The normalized spacial score (nSPS) is 13.2. The zero-order valence-electron chi connectivity index (χ0n) is 14.2. The summed E-state index contributed by atoms with van der Waals surface area (Å²) < 4.78 is 0. The molecule has 1 aliphatic rings. The molecule has 25 heavy (non-hydrogen) atoms. The van der Waals surface area contributed by atoms with E-state index in [1.54, 1.807) is 12.1 Å². The number of Topliss-reactive ketones (excluding diaryl/α,β-unsaturated/α-hetero) is 1. The van der Waals surface area contributed by atoms with E-state index >= 15 is 0 Å². The van der Waals surface area contributed by atoms with Crippen molar-refractivity contribution in [1.29, 1.82) is 10.5 Å². The lowest BCUT2D eigenvalue weighted by molar-refractivity contribution is 0.101. The molecule has 124 valence electrons. The average molecular weight is 329 g/mol. The molecule has 0 aromatic heterocycles. The molecule has 0 bridgehead atoms. The molecule has 2 aromatic carbocycles. The van der Waals surface area contributed by atoms with Gasteiger partial charge >= 0.3 is 0 Å². The summed E-state index contributed by atoms with van der Waals surface area (Å²) in [5.41, 5.74) is 11.7. The minimum Gasteiger partial charge on any atom is -0.397 e. The summed E-state index contributed by atoms with van der Waals surface area (Å²) in [5, 5.41) is 19.3. The first-order valence-electron chi connectivity index (χ1n) is 8.47. The maximum absolute atomic E-state index is 11.5. The number of nitrogens with two attached hydrogens (primary N) is 1. The van der Waals surface area contributed by atoms with Gasteiger partial charge in [-0.2, -0.15) is 10.5 Å². The predicted molar refractivity (Wildman–Crippen MR) is 97.0 cm³/mol. The highest BCUT2D eigenvalue weighted by Crippen LogP contribution is 2.39. The molecular formula is C21H19N3O. The van der Waals surface area contributed by atoms with E-state index in [0.29, 0.717) is 16.7 Å². The molecule has 3 rings (SSSR count). The van der Waals surface area contributed by atoms with Crippen LogP contribution in [0.25, 0.3) is 11.1 Å². The highest BCUT2D eigenvalue weighted by Gasteiger charge is 2.24. The Morgan fingerprint density at radius 2 is 1.56 bits per heavy atom. The second-order valence-corrected chi connectivity index (χ2v) is 6.41. The highest BCUT2D eigenvalue weighted by atomic mass is 16.1. The van der Waals surface area contributed by atoms with Gasteiger partial charge in [0.05, 0.1) is 16.8 Å². The van der Waals surface area contributed by atoms with Crippen LogP contribution in [-0.4, -0.2) is 5.78 Å². The van der Waals surface area contributed by atoms with Crippen LogP contribution >= 0.6 is 0 Å². The molecule has 0 spiro atoms. The molecule has 0 amide bonds. The SMILES string of the molecule is CC(=O)c1ccc(-c2c(C#N)c(N)c(C#N)c3c2CCCCC3)cc1. The van der Waals surface area contributed by atoms with Crippen LogP contribution in [0.15, 0.2) is 24.3 Å². The fourth-order valence-electron chi connectivity index (χ4n) is 3.64. The van der Waals surface area contributed by atoms with Gasteiger partial charge in [-0.25, -0.2) is 0 Å². The Labute approximate surface area is 147 Å². The molecule has 4 heteroatoms. The van der Waals surface area contributed by atoms with Crippen molar-refractivity contribution >= 4 is 11.5 Å². The van der Waals surface area contributed by atoms with Crippen LogP contribution in [-0.2, 0) is 12.8 Å². The number of nitrogen functional groups attached to an aromatic ring is 1. The van der Waals surface area contributed by atoms with Gasteiger partial charge < -0.3 is 5.73 Å². The van der Waals surface area contributed by atoms with Gasteiger partial charge in [0.1, 0.15) is 12.1 Å². The summed E-state index contributed by atoms with van der Waals surface area (Å²) in [5.74, 6) is 0.00484. The number of carbonyl (C=O) groups excluding carboxylic acids is 1. The largest absolute Gasteiger partial charge is 0.397 e. The van der Waals surface area contributed by atoms with Crippen LogP contribution in [0.3, 0.4) is 0 Å². The molecular weight excluding hydrogens is 310 g/mol. The average Bonchev–Trinajstić information content (AvgIpc) is 2.86. The van der Waals surface area contributed by atoms with E-state index in [-0.39, 0.29) is 11.5 Å². The topological polar surface area (TPSA) is 90.7 Å². The second kappa shape index (κ2) is 6.79. The van der Waals surface area contributed by atoms with Crippen molar-refractivity contribution in [2.24, 2.45) is 0 Å². The molecule has 0 saturated heterocycles. The summed E-state index contributed by atoms with van der Waals surface area (Å²) in [6.45, 7) is 1.53. The third-order valence-electron chi connectivity index (χ3n) is 4.91. The highest BCUT2D eigenvalue weighted by molar-refractivity contribution is 5.95. The van der Waals surface area contributed by atoms with Gasteiger partial charge in [-0.3, -0.25) is 4.79 Å². The molecule has 0 fully saturated rings. The van der Waals surface area contributed by atoms with E-state index in [9.17, 15) is 15.3 Å². The fraction of sp³-hybridized carbons (Fsp3) is 0.286. The Balaban J connectivity index is 2.32. The summed E-state index contributed by atoms with van der Waals surface area (Å²) >= 11 is 0. The zero-order valence-corrected chi connectivity index (χ0v) is 14.2. The monoisotopic (exact) mass is 329 g/mol. The Morgan fingerprint density at radius 3 is 2.12 bits per heavy atom. The van der Waals surface area contributed by atoms with E-state index in [1.165, 1.54) is 6.92 Å². The van der Waals surface area contributed by atoms with Gasteiger partial charge in [-0.15, -0.1) is 0 Å². The quantitative estimate of drug-likeness (QED) is 0.509. The van der Waals surface area contributed by atoms with Crippen molar-refractivity contribution in [2.75, 3.05) is 5.73 Å². The van der Waals surface area contributed by atoms with Gasteiger partial charge in [0.15, 0.2) is 5.78 Å². The van der Waals surface area contributed by atoms with Crippen molar-refractivity contribution in [3.8, 4) is 23.3 Å². The standard InChI is InChI=1S/C21H19N3O/c1-13(25)14-7-9-15(10-8-14)20-17-6-4-2-3-5-16(17)18(11-22)21(24)19(20)12-23/h7-10H,2-6,24H2,1H3. The van der Waals surface area contributed by atoms with Crippen molar-refractivity contribution < 1.29 is 4.79 Å². The van der Waals surface area contributed by atoms with Gasteiger partial charge in [0.2, 0.25) is 0 Å². The Morgan fingerprint density at radius 1 is 0.960 bits per heavy atom. The Hall–Kier alpha value is -3.11. The van der Waals surface area contributed by atoms with E-state index in [4.69, 9.17) is 5.73 Å². The Bertz CT molecular complexity index is 928. The van der Waals surface area contributed by atoms with E-state index in [2.05, 4.69) is 12.1 Å². The number of nitrogens with zero attached hydrogens (tertiary/aromatic N) is 2. The molecule has 0 heterocycles. The minimum atomic E-state index is 0.00484. The molecule has 0 atom stereocenters. The first kappa shape index (κ1) is 16.7. The number of benzene rings is 2. The van der Waals surface area contributed by atoms with Gasteiger partial charge in [-0.1, -0.05) is 30.7 Å². The van der Waals surface area contributed by atoms with Crippen LogP contribution in [0.1, 0.15) is 58.8 Å². The molecule has 2 N–H and O–H groups in total. The summed E-state index contributed by atoms with van der Waals surface area (Å²) in [6.07, 6.45) is 4.81. The van der Waals surface area contributed by atoms with Crippen LogP contribution < -0.4 is 5.73 Å². The van der Waals surface area contributed by atoms with Crippen molar-refractivity contribution in [2.45, 2.75) is 39.0 Å². The predicted octanol–water partition coefficient (Wildman–Crippen LogP) is 4.15. The number of nitriles is 2. The smallest absolute Gasteiger partial charge is 0.159 e. The van der Waals surface area contributed by atoms with Crippen molar-refractivity contribution in [3.63, 3.8) is 0 Å². The third-order valence-corrected chi connectivity index (χ3v) is 4.91. The molecule has 0 aliphatic heterocycles. The molecule has 4 nitrogen and oxygen atoms in total. The lowest BCUT2D eigenvalue weighted by atomic mass is 9.84. The molecule has 2 aromatic rings. The number of hydrogen-bond acceptors (Lipinski definition) is 4. The van der Waals surface area contributed by atoms with E-state index < -0.39 is 0 Å². The number of hydrogen-bond donors (Lipinski definition) is 1. The summed E-state index contributed by atoms with van der Waals surface area (Å²) in [6, 6.07) is 11.7. The number of anilines is 1. The van der Waals surface area contributed by atoms with Gasteiger partial charge in [0.25, 0.3) is 0 Å². The first-order chi connectivity index (χ1) is 12.1. The van der Waals surface area contributed by atoms with E-state index in [0.717, 1.165) is 54.4 Å². The molecule has 0 unspecified atom stereocenters. The number of rotatable bonds is 2. The fourth-order valence-corrected chi connectivity index (χ4v) is 3.64. The van der Waals surface area contributed by atoms with Crippen LogP contribution in [0.2, 0.25) is 0 Å². The maximum atomic E-state index is 11.5. The van der Waals surface area contributed by atoms with Gasteiger partial charge in [0, 0.05) is 11.1 Å². The maximum Gasteiger partial charge on any atom is 0.159 e. The lowest BCUT2D eigenvalue weighted by Crippen LogP contribution is -2.07. The van der Waals surface area contributed by atoms with Gasteiger partial charge in [-0.05, 0) is 49.3 Å². The van der Waals surface area contributed by atoms with Crippen molar-refractivity contribution in [1.82, 2.24) is 0 Å².